The number of nitrogens with zero attached hydrogens (tertiary/aromatic N) is 2. The van der Waals surface area contributed by atoms with E-state index in [1.165, 1.54) is 6.20 Å². The van der Waals surface area contributed by atoms with E-state index < -0.39 is 11.8 Å². The van der Waals surface area contributed by atoms with Crippen LogP contribution in [0.2, 0.25) is 0 Å². The van der Waals surface area contributed by atoms with Gasteiger partial charge in [-0.1, -0.05) is 25.2 Å². The molecule has 0 aliphatic carbocycles. The number of anilines is 1. The van der Waals surface area contributed by atoms with Gasteiger partial charge in [0.25, 0.3) is 11.8 Å². The van der Waals surface area contributed by atoms with Crippen LogP contribution in [0.1, 0.15) is 51.6 Å². The summed E-state index contributed by atoms with van der Waals surface area (Å²) in [4.78, 5) is 31.4. The first-order valence-electron chi connectivity index (χ1n) is 5.92. The molecule has 0 spiro atoms. The molecular formula is C12H14N4O3S. The minimum absolute atomic E-state index is 0.0941. The van der Waals surface area contributed by atoms with Gasteiger partial charge in [-0.05, 0) is 6.92 Å². The van der Waals surface area contributed by atoms with Crippen LogP contribution in [0.5, 0.6) is 0 Å². The van der Waals surface area contributed by atoms with Crippen LogP contribution >= 0.6 is 11.3 Å². The number of aromatic nitrogens is 2. The van der Waals surface area contributed by atoms with E-state index >= 15 is 0 Å². The maximum atomic E-state index is 12.1. The zero-order valence-electron chi connectivity index (χ0n) is 11.3. The average Bonchev–Trinajstić information content (AvgIpc) is 2.95. The van der Waals surface area contributed by atoms with Crippen molar-refractivity contribution < 1.29 is 14.0 Å². The molecule has 2 amide bonds. The molecule has 0 radical (unpaired) electrons. The molecule has 0 bridgehead atoms. The minimum Gasteiger partial charge on any atom is -0.435 e. The lowest BCUT2D eigenvalue weighted by Crippen LogP contribution is -2.12. The summed E-state index contributed by atoms with van der Waals surface area (Å²) in [5.74, 6) is -0.293. The van der Waals surface area contributed by atoms with Gasteiger partial charge in [0.1, 0.15) is 4.88 Å². The Morgan fingerprint density at radius 2 is 2.15 bits per heavy atom. The smallest absolute Gasteiger partial charge is 0.295 e. The number of rotatable bonds is 4. The monoisotopic (exact) mass is 294 g/mol. The van der Waals surface area contributed by atoms with Gasteiger partial charge >= 0.3 is 0 Å². The van der Waals surface area contributed by atoms with Gasteiger partial charge in [0.15, 0.2) is 11.0 Å². The number of carbonyl (C=O) groups excluding carboxylic acids is 2. The van der Waals surface area contributed by atoms with Crippen LogP contribution in [0.15, 0.2) is 10.6 Å². The lowest BCUT2D eigenvalue weighted by Gasteiger charge is -1.99. The summed E-state index contributed by atoms with van der Waals surface area (Å²) in [5.41, 5.74) is 5.63. The SMILES string of the molecule is Cc1nc(C(C)C)oc1C(=O)Nc1ncc(C(N)=O)s1. The predicted octanol–water partition coefficient (Wildman–Crippen LogP) is 1.91. The molecule has 0 aromatic carbocycles. The van der Waals surface area contributed by atoms with E-state index in [-0.39, 0.29) is 21.7 Å². The van der Waals surface area contributed by atoms with E-state index in [1.807, 2.05) is 13.8 Å². The number of primary amides is 1. The summed E-state index contributed by atoms with van der Waals surface area (Å²) in [5, 5.41) is 2.84. The number of aryl methyl sites for hydroxylation is 1. The summed E-state index contributed by atoms with van der Waals surface area (Å²) < 4.78 is 5.43. The van der Waals surface area contributed by atoms with Crippen molar-refractivity contribution in [2.75, 3.05) is 5.32 Å². The fourth-order valence-corrected chi connectivity index (χ4v) is 2.14. The average molecular weight is 294 g/mol. The fourth-order valence-electron chi connectivity index (χ4n) is 1.47. The molecule has 3 N–H and O–H groups in total. The van der Waals surface area contributed by atoms with Crippen molar-refractivity contribution in [1.82, 2.24) is 9.97 Å². The Hall–Kier alpha value is -2.22. The molecule has 2 aromatic heterocycles. The van der Waals surface area contributed by atoms with E-state index in [0.29, 0.717) is 11.6 Å². The number of amides is 2. The first-order chi connectivity index (χ1) is 9.38. The molecule has 0 unspecified atom stereocenters. The zero-order chi connectivity index (χ0) is 14.9. The van der Waals surface area contributed by atoms with Crippen LogP contribution in [-0.2, 0) is 0 Å². The molecule has 2 heterocycles. The number of oxazole rings is 1. The summed E-state index contributed by atoms with van der Waals surface area (Å²) >= 11 is 1.00. The van der Waals surface area contributed by atoms with Crippen LogP contribution in [-0.4, -0.2) is 21.8 Å². The second-order valence-corrected chi connectivity index (χ2v) is 5.50. The van der Waals surface area contributed by atoms with Gasteiger partial charge in [-0.3, -0.25) is 14.9 Å². The largest absolute Gasteiger partial charge is 0.435 e. The summed E-state index contributed by atoms with van der Waals surface area (Å²) in [6, 6.07) is 0. The Bertz CT molecular complexity index is 659. The minimum atomic E-state index is -0.582. The summed E-state index contributed by atoms with van der Waals surface area (Å²) in [6.45, 7) is 5.54. The van der Waals surface area contributed by atoms with Gasteiger partial charge < -0.3 is 10.2 Å². The van der Waals surface area contributed by atoms with Gasteiger partial charge in [-0.2, -0.15) is 0 Å². The molecule has 8 heteroatoms. The highest BCUT2D eigenvalue weighted by molar-refractivity contribution is 7.17. The van der Waals surface area contributed by atoms with Crippen LogP contribution in [0, 0.1) is 6.92 Å². The maximum absolute atomic E-state index is 12.1. The third-order valence-corrected chi connectivity index (χ3v) is 3.41. The molecule has 20 heavy (non-hydrogen) atoms. The summed E-state index contributed by atoms with van der Waals surface area (Å²) in [7, 11) is 0. The van der Waals surface area contributed by atoms with Gasteiger partial charge in [0.05, 0.1) is 11.9 Å². The lowest BCUT2D eigenvalue weighted by atomic mass is 10.2. The van der Waals surface area contributed by atoms with Crippen molar-refractivity contribution in [2.24, 2.45) is 5.73 Å². The Morgan fingerprint density at radius 1 is 1.45 bits per heavy atom. The van der Waals surface area contributed by atoms with E-state index in [4.69, 9.17) is 10.2 Å². The predicted molar refractivity (Wildman–Crippen MR) is 73.9 cm³/mol. The highest BCUT2D eigenvalue weighted by atomic mass is 32.1. The third kappa shape index (κ3) is 2.85. The van der Waals surface area contributed by atoms with Crippen LogP contribution in [0.25, 0.3) is 0 Å². The molecule has 2 aromatic rings. The molecule has 0 aliphatic heterocycles. The Labute approximate surface area is 119 Å². The Balaban J connectivity index is 2.17. The fraction of sp³-hybridized carbons (Fsp3) is 0.333. The number of nitrogens with two attached hydrogens (primary N) is 1. The number of thiazole rings is 1. The molecule has 0 atom stereocenters. The molecule has 106 valence electrons. The Morgan fingerprint density at radius 3 is 2.65 bits per heavy atom. The van der Waals surface area contributed by atoms with Crippen molar-refractivity contribution in [3.63, 3.8) is 0 Å². The lowest BCUT2D eigenvalue weighted by molar-refractivity contribution is 0.0989. The third-order valence-electron chi connectivity index (χ3n) is 2.48. The first kappa shape index (κ1) is 14.2. The van der Waals surface area contributed by atoms with E-state index in [2.05, 4.69) is 15.3 Å². The number of nitrogens with one attached hydrogen (secondary N) is 1. The highest BCUT2D eigenvalue weighted by Crippen LogP contribution is 2.21. The van der Waals surface area contributed by atoms with E-state index in [0.717, 1.165) is 11.3 Å². The zero-order valence-corrected chi connectivity index (χ0v) is 12.1. The normalized spacial score (nSPS) is 10.8. The number of hydrogen-bond donors (Lipinski definition) is 2. The maximum Gasteiger partial charge on any atom is 0.295 e. The van der Waals surface area contributed by atoms with Crippen molar-refractivity contribution in [3.05, 3.63) is 28.4 Å². The van der Waals surface area contributed by atoms with Crippen molar-refractivity contribution >= 4 is 28.3 Å². The molecule has 7 nitrogen and oxygen atoms in total. The van der Waals surface area contributed by atoms with Crippen molar-refractivity contribution in [1.29, 1.82) is 0 Å². The van der Waals surface area contributed by atoms with Crippen molar-refractivity contribution in [3.8, 4) is 0 Å². The van der Waals surface area contributed by atoms with Gasteiger partial charge in [0.2, 0.25) is 5.76 Å². The van der Waals surface area contributed by atoms with Crippen LogP contribution in [0.4, 0.5) is 5.13 Å². The van der Waals surface area contributed by atoms with Crippen LogP contribution < -0.4 is 11.1 Å². The van der Waals surface area contributed by atoms with E-state index in [9.17, 15) is 9.59 Å². The van der Waals surface area contributed by atoms with Crippen LogP contribution in [0.3, 0.4) is 0 Å². The molecule has 0 aliphatic rings. The van der Waals surface area contributed by atoms with Gasteiger partial charge in [-0.15, -0.1) is 0 Å². The molecule has 2 rings (SSSR count). The van der Waals surface area contributed by atoms with E-state index in [1.54, 1.807) is 6.92 Å². The second-order valence-electron chi connectivity index (χ2n) is 4.47. The molecule has 0 saturated heterocycles. The van der Waals surface area contributed by atoms with Crippen molar-refractivity contribution in [2.45, 2.75) is 26.7 Å². The quantitative estimate of drug-likeness (QED) is 0.894. The Kier molecular flexibility index (Phi) is 3.84. The molecular weight excluding hydrogens is 280 g/mol. The number of hydrogen-bond acceptors (Lipinski definition) is 6. The summed E-state index contributed by atoms with van der Waals surface area (Å²) in [6.07, 6.45) is 1.31. The highest BCUT2D eigenvalue weighted by Gasteiger charge is 2.20. The van der Waals surface area contributed by atoms with Gasteiger partial charge in [-0.25, -0.2) is 9.97 Å². The topological polar surface area (TPSA) is 111 Å². The number of carbonyl (C=O) groups is 2. The standard InChI is InChI=1S/C12H14N4O3S/c1-5(2)11-15-6(3)8(19-11)10(18)16-12-14-4-7(20-12)9(13)17/h4-5H,1-3H3,(H2,13,17)(H,14,16,18). The molecule has 0 fully saturated rings. The molecule has 0 saturated carbocycles. The second kappa shape index (κ2) is 5.41. The first-order valence-corrected chi connectivity index (χ1v) is 6.74. The van der Waals surface area contributed by atoms with Gasteiger partial charge in [0, 0.05) is 5.92 Å².